The lowest BCUT2D eigenvalue weighted by atomic mass is 9.99. The molecule has 0 fully saturated rings. The highest BCUT2D eigenvalue weighted by atomic mass is 35.5. The van der Waals surface area contributed by atoms with Crippen molar-refractivity contribution in [3.63, 3.8) is 0 Å². The fourth-order valence-electron chi connectivity index (χ4n) is 1.79. The van der Waals surface area contributed by atoms with E-state index < -0.39 is 0 Å². The number of hydrogen-bond acceptors (Lipinski definition) is 1. The molecule has 0 aliphatic carbocycles. The summed E-state index contributed by atoms with van der Waals surface area (Å²) < 4.78 is 18.8. The van der Waals surface area contributed by atoms with Gasteiger partial charge in [-0.25, -0.2) is 4.39 Å². The first-order valence-corrected chi connectivity index (χ1v) is 5.60. The van der Waals surface area contributed by atoms with Gasteiger partial charge in [0.2, 0.25) is 0 Å². The number of rotatable bonds is 2. The maximum atomic E-state index is 13.5. The van der Waals surface area contributed by atoms with Gasteiger partial charge in [0.1, 0.15) is 11.6 Å². The summed E-state index contributed by atoms with van der Waals surface area (Å²) in [6.45, 7) is 1.75. The van der Waals surface area contributed by atoms with E-state index in [4.69, 9.17) is 16.3 Å². The lowest BCUT2D eigenvalue weighted by Gasteiger charge is -2.11. The highest BCUT2D eigenvalue weighted by Gasteiger charge is 2.10. The molecule has 17 heavy (non-hydrogen) atoms. The van der Waals surface area contributed by atoms with E-state index in [0.29, 0.717) is 16.3 Å². The Morgan fingerprint density at radius 3 is 2.59 bits per heavy atom. The first kappa shape index (κ1) is 11.9. The van der Waals surface area contributed by atoms with Crippen LogP contribution in [-0.2, 0) is 0 Å². The Kier molecular flexibility index (Phi) is 3.34. The normalized spacial score (nSPS) is 10.4. The van der Waals surface area contributed by atoms with Gasteiger partial charge in [-0.05, 0) is 42.3 Å². The van der Waals surface area contributed by atoms with Crippen LogP contribution in [0.1, 0.15) is 5.56 Å². The molecular formula is C14H12ClFO. The van der Waals surface area contributed by atoms with Crippen LogP contribution >= 0.6 is 11.6 Å². The zero-order valence-electron chi connectivity index (χ0n) is 9.63. The molecule has 0 saturated carbocycles. The van der Waals surface area contributed by atoms with E-state index in [1.54, 1.807) is 32.2 Å². The lowest BCUT2D eigenvalue weighted by Crippen LogP contribution is -1.92. The minimum atomic E-state index is -0.223. The summed E-state index contributed by atoms with van der Waals surface area (Å²) in [4.78, 5) is 0. The van der Waals surface area contributed by atoms with Crippen LogP contribution in [0.3, 0.4) is 0 Å². The molecule has 0 radical (unpaired) electrons. The van der Waals surface area contributed by atoms with Crippen LogP contribution in [0.2, 0.25) is 5.02 Å². The van der Waals surface area contributed by atoms with Gasteiger partial charge in [0.25, 0.3) is 0 Å². The summed E-state index contributed by atoms with van der Waals surface area (Å²) in [6, 6.07) is 10.3. The molecule has 3 heteroatoms. The fraction of sp³-hybridized carbons (Fsp3) is 0.143. The molecule has 0 unspecified atom stereocenters. The molecule has 0 N–H and O–H groups in total. The number of halogens is 2. The van der Waals surface area contributed by atoms with Crippen molar-refractivity contribution >= 4 is 11.6 Å². The quantitative estimate of drug-likeness (QED) is 0.765. The van der Waals surface area contributed by atoms with E-state index in [2.05, 4.69) is 0 Å². The van der Waals surface area contributed by atoms with E-state index in [1.807, 2.05) is 12.1 Å². The molecule has 0 aliphatic rings. The molecule has 0 heterocycles. The van der Waals surface area contributed by atoms with E-state index in [-0.39, 0.29) is 5.82 Å². The van der Waals surface area contributed by atoms with Crippen molar-refractivity contribution in [2.75, 3.05) is 7.11 Å². The minimum absolute atomic E-state index is 0.223. The molecule has 0 spiro atoms. The molecule has 0 bridgehead atoms. The van der Waals surface area contributed by atoms with Crippen molar-refractivity contribution < 1.29 is 9.13 Å². The third kappa shape index (κ3) is 2.27. The van der Waals surface area contributed by atoms with Gasteiger partial charge in [-0.2, -0.15) is 0 Å². The lowest BCUT2D eigenvalue weighted by molar-refractivity contribution is 0.416. The van der Waals surface area contributed by atoms with Crippen molar-refractivity contribution in [1.82, 2.24) is 0 Å². The van der Waals surface area contributed by atoms with E-state index in [1.165, 1.54) is 6.07 Å². The fourth-order valence-corrected chi connectivity index (χ4v) is 1.95. The number of benzene rings is 2. The maximum Gasteiger partial charge on any atom is 0.128 e. The summed E-state index contributed by atoms with van der Waals surface area (Å²) in [5, 5.41) is 0.597. The highest BCUT2D eigenvalue weighted by molar-refractivity contribution is 6.30. The second-order valence-electron chi connectivity index (χ2n) is 3.76. The van der Waals surface area contributed by atoms with Crippen LogP contribution in [-0.4, -0.2) is 7.11 Å². The summed E-state index contributed by atoms with van der Waals surface area (Å²) in [7, 11) is 1.57. The van der Waals surface area contributed by atoms with Crippen molar-refractivity contribution in [2.24, 2.45) is 0 Å². The second-order valence-corrected chi connectivity index (χ2v) is 4.19. The molecular weight excluding hydrogens is 239 g/mol. The third-order valence-corrected chi connectivity index (χ3v) is 2.96. The minimum Gasteiger partial charge on any atom is -0.496 e. The molecule has 0 aromatic heterocycles. The van der Waals surface area contributed by atoms with Gasteiger partial charge in [-0.1, -0.05) is 23.7 Å². The van der Waals surface area contributed by atoms with E-state index in [9.17, 15) is 4.39 Å². The molecule has 2 rings (SSSR count). The monoisotopic (exact) mass is 250 g/mol. The van der Waals surface area contributed by atoms with Gasteiger partial charge in [0.15, 0.2) is 0 Å². The van der Waals surface area contributed by atoms with Crippen molar-refractivity contribution in [3.05, 3.63) is 52.8 Å². The van der Waals surface area contributed by atoms with Gasteiger partial charge < -0.3 is 4.74 Å². The van der Waals surface area contributed by atoms with Gasteiger partial charge >= 0.3 is 0 Å². The van der Waals surface area contributed by atoms with Gasteiger partial charge in [-0.15, -0.1) is 0 Å². The van der Waals surface area contributed by atoms with Gasteiger partial charge in [0, 0.05) is 10.6 Å². The molecule has 0 amide bonds. The van der Waals surface area contributed by atoms with E-state index >= 15 is 0 Å². The summed E-state index contributed by atoms with van der Waals surface area (Å²) in [5.41, 5.74) is 2.26. The number of ether oxygens (including phenoxy) is 1. The van der Waals surface area contributed by atoms with Crippen LogP contribution in [0.25, 0.3) is 11.1 Å². The molecule has 2 aromatic carbocycles. The Morgan fingerprint density at radius 2 is 1.88 bits per heavy atom. The topological polar surface area (TPSA) is 9.23 Å². The predicted octanol–water partition coefficient (Wildman–Crippen LogP) is 4.46. The Bertz CT molecular complexity index is 552. The van der Waals surface area contributed by atoms with Crippen LogP contribution in [0.15, 0.2) is 36.4 Å². The Morgan fingerprint density at radius 1 is 1.12 bits per heavy atom. The molecule has 1 nitrogen and oxygen atoms in total. The largest absolute Gasteiger partial charge is 0.496 e. The zero-order valence-corrected chi connectivity index (χ0v) is 10.4. The van der Waals surface area contributed by atoms with Gasteiger partial charge in [-0.3, -0.25) is 0 Å². The molecule has 0 aliphatic heterocycles. The Hall–Kier alpha value is -1.54. The van der Waals surface area contributed by atoms with Crippen LogP contribution < -0.4 is 4.74 Å². The predicted molar refractivity (Wildman–Crippen MR) is 68.1 cm³/mol. The average Bonchev–Trinajstić information content (AvgIpc) is 2.33. The van der Waals surface area contributed by atoms with Crippen molar-refractivity contribution in [2.45, 2.75) is 6.92 Å². The maximum absolute atomic E-state index is 13.5. The summed E-state index contributed by atoms with van der Waals surface area (Å²) in [6.07, 6.45) is 0. The number of hydrogen-bond donors (Lipinski definition) is 0. The first-order valence-electron chi connectivity index (χ1n) is 5.22. The SMILES string of the molecule is COc1cc(Cl)ccc1-c1cccc(F)c1C. The molecule has 88 valence electrons. The average molecular weight is 251 g/mol. The highest BCUT2D eigenvalue weighted by Crippen LogP contribution is 2.34. The zero-order chi connectivity index (χ0) is 12.4. The van der Waals surface area contributed by atoms with Crippen LogP contribution in [0, 0.1) is 12.7 Å². The summed E-state index contributed by atoms with van der Waals surface area (Å²) >= 11 is 5.90. The Labute approximate surface area is 105 Å². The van der Waals surface area contributed by atoms with Crippen LogP contribution in [0.4, 0.5) is 4.39 Å². The van der Waals surface area contributed by atoms with Crippen molar-refractivity contribution in [1.29, 1.82) is 0 Å². The first-order chi connectivity index (χ1) is 8.13. The molecule has 0 saturated heterocycles. The Balaban J connectivity index is 2.64. The smallest absolute Gasteiger partial charge is 0.128 e. The second kappa shape index (κ2) is 4.76. The van der Waals surface area contributed by atoms with Crippen LogP contribution in [0.5, 0.6) is 5.75 Å². The molecule has 0 atom stereocenters. The third-order valence-electron chi connectivity index (χ3n) is 2.72. The summed E-state index contributed by atoms with van der Waals surface area (Å²) in [5.74, 6) is 0.422. The van der Waals surface area contributed by atoms with Crippen molar-refractivity contribution in [3.8, 4) is 16.9 Å². The van der Waals surface area contributed by atoms with E-state index in [0.717, 1.165) is 11.1 Å². The number of methoxy groups -OCH3 is 1. The standard InChI is InChI=1S/C14H12ClFO/c1-9-11(4-3-5-13(9)16)12-7-6-10(15)8-14(12)17-2/h3-8H,1-2H3. The van der Waals surface area contributed by atoms with Gasteiger partial charge in [0.05, 0.1) is 7.11 Å². The molecule has 2 aromatic rings.